The molecule has 0 saturated carbocycles. The Morgan fingerprint density at radius 3 is 1.93 bits per heavy atom. The molecule has 0 aliphatic carbocycles. The molecule has 6 heteroatoms. The predicted octanol–water partition coefficient (Wildman–Crippen LogP) is 0.619. The van der Waals surface area contributed by atoms with Gasteiger partial charge in [-0.2, -0.15) is 4.31 Å². The van der Waals surface area contributed by atoms with Gasteiger partial charge in [0.05, 0.1) is 6.26 Å². The van der Waals surface area contributed by atoms with Crippen molar-refractivity contribution in [2.75, 3.05) is 25.6 Å². The standard InChI is InChI=1S/C8H18N2O2S2/c1-7-5-9(13-3)6-8(2)10(7)14(4,11)12/h7-8H,5-6H2,1-4H3. The fourth-order valence-electron chi connectivity index (χ4n) is 2.06. The van der Waals surface area contributed by atoms with Crippen molar-refractivity contribution < 1.29 is 8.42 Å². The van der Waals surface area contributed by atoms with E-state index < -0.39 is 10.0 Å². The number of piperazine rings is 1. The molecule has 84 valence electrons. The molecule has 1 saturated heterocycles. The van der Waals surface area contributed by atoms with E-state index in [9.17, 15) is 8.42 Å². The molecule has 0 aromatic heterocycles. The lowest BCUT2D eigenvalue weighted by Gasteiger charge is -2.41. The minimum Gasteiger partial charge on any atom is -0.248 e. The Labute approximate surface area is 90.8 Å². The first kappa shape index (κ1) is 12.3. The second-order valence-electron chi connectivity index (χ2n) is 3.82. The third kappa shape index (κ3) is 2.62. The summed E-state index contributed by atoms with van der Waals surface area (Å²) in [5.74, 6) is 0. The normalized spacial score (nSPS) is 32.0. The first-order chi connectivity index (χ1) is 6.36. The molecule has 1 aliphatic heterocycles. The Hall–Kier alpha value is 0.220. The Morgan fingerprint density at radius 1 is 1.21 bits per heavy atom. The van der Waals surface area contributed by atoms with Gasteiger partial charge < -0.3 is 0 Å². The van der Waals surface area contributed by atoms with Crippen LogP contribution in [-0.4, -0.2) is 54.7 Å². The molecule has 0 spiro atoms. The fraction of sp³-hybridized carbons (Fsp3) is 1.00. The maximum absolute atomic E-state index is 11.5. The molecular weight excluding hydrogens is 220 g/mol. The van der Waals surface area contributed by atoms with Crippen LogP contribution in [0.5, 0.6) is 0 Å². The number of hydrogen-bond acceptors (Lipinski definition) is 4. The number of hydrogen-bond donors (Lipinski definition) is 0. The van der Waals surface area contributed by atoms with Crippen LogP contribution in [0, 0.1) is 0 Å². The van der Waals surface area contributed by atoms with E-state index in [1.54, 1.807) is 16.3 Å². The molecule has 4 nitrogen and oxygen atoms in total. The molecule has 2 unspecified atom stereocenters. The van der Waals surface area contributed by atoms with Gasteiger partial charge in [-0.15, -0.1) is 0 Å². The monoisotopic (exact) mass is 238 g/mol. The average molecular weight is 238 g/mol. The van der Waals surface area contributed by atoms with Crippen LogP contribution >= 0.6 is 11.9 Å². The molecule has 0 radical (unpaired) electrons. The van der Waals surface area contributed by atoms with Gasteiger partial charge in [-0.1, -0.05) is 11.9 Å². The van der Waals surface area contributed by atoms with Gasteiger partial charge in [0.15, 0.2) is 0 Å². The molecule has 0 amide bonds. The van der Waals surface area contributed by atoms with Crippen molar-refractivity contribution in [2.45, 2.75) is 25.9 Å². The van der Waals surface area contributed by atoms with E-state index in [2.05, 4.69) is 4.31 Å². The summed E-state index contributed by atoms with van der Waals surface area (Å²) in [5, 5.41) is 0. The summed E-state index contributed by atoms with van der Waals surface area (Å²) in [6.45, 7) is 5.52. The summed E-state index contributed by atoms with van der Waals surface area (Å²) >= 11 is 1.68. The summed E-state index contributed by atoms with van der Waals surface area (Å²) in [5.41, 5.74) is 0. The fourth-order valence-corrected chi connectivity index (χ4v) is 4.23. The summed E-state index contributed by atoms with van der Waals surface area (Å²) in [7, 11) is -3.06. The van der Waals surface area contributed by atoms with Crippen LogP contribution in [0.2, 0.25) is 0 Å². The van der Waals surface area contributed by atoms with Crippen LogP contribution in [-0.2, 0) is 10.0 Å². The van der Waals surface area contributed by atoms with Crippen molar-refractivity contribution in [3.05, 3.63) is 0 Å². The summed E-state index contributed by atoms with van der Waals surface area (Å²) in [6, 6.07) is 0.141. The van der Waals surface area contributed by atoms with Gasteiger partial charge >= 0.3 is 0 Å². The first-order valence-corrected chi connectivity index (χ1v) is 7.66. The van der Waals surface area contributed by atoms with Gasteiger partial charge in [0.1, 0.15) is 0 Å². The Morgan fingerprint density at radius 2 is 1.64 bits per heavy atom. The second kappa shape index (κ2) is 4.38. The van der Waals surface area contributed by atoms with Crippen molar-refractivity contribution in [1.82, 2.24) is 8.61 Å². The molecule has 0 bridgehead atoms. The van der Waals surface area contributed by atoms with Crippen LogP contribution in [0.25, 0.3) is 0 Å². The predicted molar refractivity (Wildman–Crippen MR) is 60.7 cm³/mol. The van der Waals surface area contributed by atoms with Crippen LogP contribution in [0.15, 0.2) is 0 Å². The Kier molecular flexibility index (Phi) is 3.85. The zero-order valence-electron chi connectivity index (χ0n) is 9.10. The van der Waals surface area contributed by atoms with Crippen molar-refractivity contribution in [2.24, 2.45) is 0 Å². The van der Waals surface area contributed by atoms with Gasteiger partial charge in [0.2, 0.25) is 10.0 Å². The van der Waals surface area contributed by atoms with Gasteiger partial charge in [-0.25, -0.2) is 12.7 Å². The van der Waals surface area contributed by atoms with Crippen LogP contribution in [0.3, 0.4) is 0 Å². The lowest BCUT2D eigenvalue weighted by Crippen LogP contribution is -2.56. The Balaban J connectivity index is 2.81. The molecule has 1 heterocycles. The van der Waals surface area contributed by atoms with Crippen molar-refractivity contribution in [3.63, 3.8) is 0 Å². The van der Waals surface area contributed by atoms with Crippen LogP contribution in [0.4, 0.5) is 0 Å². The molecule has 0 aromatic rings. The number of nitrogens with zero attached hydrogens (tertiary/aromatic N) is 2. The van der Waals surface area contributed by atoms with Crippen molar-refractivity contribution in [3.8, 4) is 0 Å². The van der Waals surface area contributed by atoms with E-state index in [-0.39, 0.29) is 12.1 Å². The van der Waals surface area contributed by atoms with E-state index >= 15 is 0 Å². The van der Waals surface area contributed by atoms with Crippen LogP contribution in [0.1, 0.15) is 13.8 Å². The number of rotatable bonds is 2. The van der Waals surface area contributed by atoms with E-state index in [0.717, 1.165) is 13.1 Å². The molecular formula is C8H18N2O2S2. The quantitative estimate of drug-likeness (QED) is 0.661. The van der Waals surface area contributed by atoms with Gasteiger partial charge in [-0.05, 0) is 20.1 Å². The molecule has 14 heavy (non-hydrogen) atoms. The smallest absolute Gasteiger partial charge is 0.211 e. The summed E-state index contributed by atoms with van der Waals surface area (Å²) in [6.07, 6.45) is 3.31. The van der Waals surface area contributed by atoms with E-state index in [4.69, 9.17) is 0 Å². The zero-order valence-corrected chi connectivity index (χ0v) is 10.7. The summed E-state index contributed by atoms with van der Waals surface area (Å²) < 4.78 is 26.8. The molecule has 0 N–H and O–H groups in total. The highest BCUT2D eigenvalue weighted by Crippen LogP contribution is 2.22. The molecule has 1 fully saturated rings. The molecule has 1 rings (SSSR count). The average Bonchev–Trinajstić information content (AvgIpc) is 1.99. The van der Waals surface area contributed by atoms with E-state index in [1.165, 1.54) is 6.26 Å². The Bertz CT molecular complexity index is 280. The highest BCUT2D eigenvalue weighted by Gasteiger charge is 2.34. The first-order valence-electron chi connectivity index (χ1n) is 4.64. The highest BCUT2D eigenvalue weighted by molar-refractivity contribution is 7.96. The third-order valence-electron chi connectivity index (χ3n) is 2.45. The second-order valence-corrected chi connectivity index (χ2v) is 6.59. The van der Waals surface area contributed by atoms with Crippen molar-refractivity contribution >= 4 is 22.0 Å². The largest absolute Gasteiger partial charge is 0.248 e. The zero-order chi connectivity index (χ0) is 10.9. The van der Waals surface area contributed by atoms with Gasteiger partial charge in [0.25, 0.3) is 0 Å². The number of sulfonamides is 1. The highest BCUT2D eigenvalue weighted by atomic mass is 32.2. The molecule has 2 atom stereocenters. The third-order valence-corrected chi connectivity index (χ3v) is 4.75. The minimum atomic E-state index is -3.06. The topological polar surface area (TPSA) is 40.6 Å². The lowest BCUT2D eigenvalue weighted by molar-refractivity contribution is 0.169. The lowest BCUT2D eigenvalue weighted by atomic mass is 10.2. The van der Waals surface area contributed by atoms with Gasteiger partial charge in [0, 0.05) is 25.2 Å². The van der Waals surface area contributed by atoms with Gasteiger partial charge in [-0.3, -0.25) is 0 Å². The molecule has 0 aromatic carbocycles. The molecule has 1 aliphatic rings. The van der Waals surface area contributed by atoms with E-state index in [0.29, 0.717) is 0 Å². The maximum Gasteiger partial charge on any atom is 0.211 e. The van der Waals surface area contributed by atoms with Crippen LogP contribution < -0.4 is 0 Å². The van der Waals surface area contributed by atoms with Crippen molar-refractivity contribution in [1.29, 1.82) is 0 Å². The van der Waals surface area contributed by atoms with E-state index in [1.807, 2.05) is 20.1 Å². The maximum atomic E-state index is 11.5. The SMILES string of the molecule is CSN1CC(C)N(S(C)(=O)=O)C(C)C1. The summed E-state index contributed by atoms with van der Waals surface area (Å²) in [4.78, 5) is 0. The minimum absolute atomic E-state index is 0.0706.